The summed E-state index contributed by atoms with van der Waals surface area (Å²) in [5, 5.41) is 0. The lowest BCUT2D eigenvalue weighted by Gasteiger charge is -2.22. The molecule has 1 aliphatic heterocycles. The molecule has 150 valence electrons. The number of hydrogen-bond donors (Lipinski definition) is 0. The number of nitrogens with zero attached hydrogens (tertiary/aromatic N) is 4. The number of sulfonamides is 1. The molecule has 1 amide bonds. The highest BCUT2D eigenvalue weighted by molar-refractivity contribution is 7.89. The summed E-state index contributed by atoms with van der Waals surface area (Å²) in [4.78, 5) is 19.6. The molecule has 4 rings (SSSR count). The van der Waals surface area contributed by atoms with Gasteiger partial charge in [0.2, 0.25) is 10.0 Å². The van der Waals surface area contributed by atoms with E-state index in [1.165, 1.54) is 4.31 Å². The Bertz CT molecular complexity index is 995. The van der Waals surface area contributed by atoms with Crippen LogP contribution in [0.5, 0.6) is 0 Å². The third kappa shape index (κ3) is 3.24. The Hall–Kier alpha value is -2.19. The van der Waals surface area contributed by atoms with E-state index in [1.54, 1.807) is 34.0 Å². The van der Waals surface area contributed by atoms with E-state index >= 15 is 0 Å². The fourth-order valence-corrected chi connectivity index (χ4v) is 5.41. The molecule has 1 saturated carbocycles. The van der Waals surface area contributed by atoms with E-state index in [1.807, 2.05) is 19.9 Å². The van der Waals surface area contributed by atoms with E-state index < -0.39 is 10.0 Å². The van der Waals surface area contributed by atoms with Crippen molar-refractivity contribution in [2.45, 2.75) is 44.6 Å². The Morgan fingerprint density at radius 2 is 2.00 bits per heavy atom. The lowest BCUT2D eigenvalue weighted by Crippen LogP contribution is -2.35. The number of imidazole rings is 1. The Kier molecular flexibility index (Phi) is 5.01. The van der Waals surface area contributed by atoms with Gasteiger partial charge in [0, 0.05) is 19.6 Å². The summed E-state index contributed by atoms with van der Waals surface area (Å²) in [7, 11) is -3.63. The van der Waals surface area contributed by atoms with E-state index in [9.17, 15) is 13.2 Å². The van der Waals surface area contributed by atoms with Gasteiger partial charge >= 0.3 is 0 Å². The molecule has 2 aromatic rings. The first kappa shape index (κ1) is 19.1. The van der Waals surface area contributed by atoms with E-state index in [2.05, 4.69) is 4.98 Å². The molecule has 0 saturated heterocycles. The van der Waals surface area contributed by atoms with Gasteiger partial charge in [-0.15, -0.1) is 0 Å². The normalized spacial score (nSPS) is 18.2. The lowest BCUT2D eigenvalue weighted by atomic mass is 10.2. The summed E-state index contributed by atoms with van der Waals surface area (Å²) in [6.07, 6.45) is 4.55. The van der Waals surface area contributed by atoms with E-state index in [4.69, 9.17) is 0 Å². The van der Waals surface area contributed by atoms with Crippen LogP contribution in [-0.2, 0) is 16.6 Å². The Balaban J connectivity index is 1.84. The second-order valence-corrected chi connectivity index (χ2v) is 9.41. The van der Waals surface area contributed by atoms with Crippen LogP contribution in [-0.4, -0.2) is 52.7 Å². The van der Waals surface area contributed by atoms with Crippen molar-refractivity contribution in [2.24, 2.45) is 5.92 Å². The first-order chi connectivity index (χ1) is 13.5. The maximum absolute atomic E-state index is 13.3. The molecule has 2 aliphatic rings. The van der Waals surface area contributed by atoms with Crippen LogP contribution in [0.15, 0.2) is 35.5 Å². The predicted octanol–water partition coefficient (Wildman–Crippen LogP) is 2.66. The number of fused-ring (bicyclic) bond motifs is 3. The topological polar surface area (TPSA) is 75.5 Å². The maximum atomic E-state index is 13.3. The first-order valence-corrected chi connectivity index (χ1v) is 11.4. The summed E-state index contributed by atoms with van der Waals surface area (Å²) < 4.78 is 29.9. The second-order valence-electron chi connectivity index (χ2n) is 7.50. The number of aromatic nitrogens is 2. The molecule has 7 nitrogen and oxygen atoms in total. The highest BCUT2D eigenvalue weighted by atomic mass is 32.2. The highest BCUT2D eigenvalue weighted by Gasteiger charge is 2.38. The van der Waals surface area contributed by atoms with Crippen molar-refractivity contribution < 1.29 is 13.2 Å². The zero-order valence-corrected chi connectivity index (χ0v) is 17.2. The third-order valence-electron chi connectivity index (χ3n) is 5.46. The van der Waals surface area contributed by atoms with Crippen LogP contribution in [0.25, 0.3) is 5.69 Å². The molecular formula is C20H26N4O3S. The van der Waals surface area contributed by atoms with Crippen molar-refractivity contribution in [3.63, 3.8) is 0 Å². The monoisotopic (exact) mass is 402 g/mol. The molecule has 1 aliphatic carbocycles. The Labute approximate surface area is 166 Å². The minimum absolute atomic E-state index is 0.138. The van der Waals surface area contributed by atoms with Crippen LogP contribution < -0.4 is 0 Å². The molecule has 1 fully saturated rings. The third-order valence-corrected chi connectivity index (χ3v) is 7.32. The summed E-state index contributed by atoms with van der Waals surface area (Å²) in [5.41, 5.74) is 1.55. The standard InChI is InChI=1S/C20H26N4O3S/c1-3-11-22(4-2)20(25)19-17-13-23(12-15-9-10-15)28(26,27)18-8-6-5-7-16(18)24(17)14-21-19/h5-8,14-15H,3-4,9-13H2,1-2H3. The molecule has 1 aromatic heterocycles. The molecule has 8 heteroatoms. The van der Waals surface area contributed by atoms with Gasteiger partial charge < -0.3 is 4.90 Å². The van der Waals surface area contributed by atoms with Crippen molar-refractivity contribution in [1.82, 2.24) is 18.8 Å². The number of hydrogen-bond acceptors (Lipinski definition) is 4. The molecule has 0 atom stereocenters. The van der Waals surface area contributed by atoms with Gasteiger partial charge in [-0.05, 0) is 44.2 Å². The van der Waals surface area contributed by atoms with Gasteiger partial charge in [0.15, 0.2) is 5.69 Å². The number of rotatable bonds is 6. The Morgan fingerprint density at radius 3 is 2.68 bits per heavy atom. The fourth-order valence-electron chi connectivity index (χ4n) is 3.75. The molecule has 0 spiro atoms. The highest BCUT2D eigenvalue weighted by Crippen LogP contribution is 2.36. The van der Waals surface area contributed by atoms with Gasteiger partial charge in [-0.1, -0.05) is 19.1 Å². The van der Waals surface area contributed by atoms with Gasteiger partial charge in [-0.3, -0.25) is 9.36 Å². The number of amides is 1. The van der Waals surface area contributed by atoms with Gasteiger partial charge in [0.25, 0.3) is 5.91 Å². The molecule has 0 unspecified atom stereocenters. The number of carbonyl (C=O) groups is 1. The summed E-state index contributed by atoms with van der Waals surface area (Å²) in [6, 6.07) is 6.96. The number of carbonyl (C=O) groups excluding carboxylic acids is 1. The molecule has 0 N–H and O–H groups in total. The van der Waals surface area contributed by atoms with Crippen molar-refractivity contribution in [3.05, 3.63) is 42.0 Å². The summed E-state index contributed by atoms with van der Waals surface area (Å²) in [5.74, 6) is 0.268. The second kappa shape index (κ2) is 7.33. The maximum Gasteiger partial charge on any atom is 0.274 e. The van der Waals surface area contributed by atoms with E-state index in [0.717, 1.165) is 19.3 Å². The lowest BCUT2D eigenvalue weighted by molar-refractivity contribution is 0.0757. The Morgan fingerprint density at radius 1 is 1.25 bits per heavy atom. The molecule has 1 aromatic carbocycles. The quantitative estimate of drug-likeness (QED) is 0.744. The largest absolute Gasteiger partial charge is 0.338 e. The summed E-state index contributed by atoms with van der Waals surface area (Å²) >= 11 is 0. The first-order valence-electron chi connectivity index (χ1n) is 9.92. The SMILES string of the molecule is CCCN(CC)C(=O)c1ncn2c1CN(CC1CC1)S(=O)(=O)c1ccccc1-2. The number of para-hydroxylation sites is 1. The van der Waals surface area contributed by atoms with Crippen LogP contribution in [0.1, 0.15) is 49.3 Å². The average molecular weight is 403 g/mol. The van der Waals surface area contributed by atoms with Gasteiger partial charge in [-0.2, -0.15) is 4.31 Å². The van der Waals surface area contributed by atoms with Gasteiger partial charge in [0.1, 0.15) is 11.2 Å². The summed E-state index contributed by atoms with van der Waals surface area (Å²) in [6.45, 7) is 5.88. The minimum Gasteiger partial charge on any atom is -0.338 e. The van der Waals surface area contributed by atoms with Gasteiger partial charge in [-0.25, -0.2) is 13.4 Å². The van der Waals surface area contributed by atoms with Crippen LogP contribution in [0.4, 0.5) is 0 Å². The number of benzene rings is 1. The minimum atomic E-state index is -3.63. The van der Waals surface area contributed by atoms with Crippen molar-refractivity contribution in [1.29, 1.82) is 0 Å². The van der Waals surface area contributed by atoms with Crippen molar-refractivity contribution >= 4 is 15.9 Å². The zero-order chi connectivity index (χ0) is 19.9. The van der Waals surface area contributed by atoms with Crippen LogP contribution >= 0.6 is 0 Å². The van der Waals surface area contributed by atoms with Crippen LogP contribution in [0.3, 0.4) is 0 Å². The molecule has 28 heavy (non-hydrogen) atoms. The van der Waals surface area contributed by atoms with Gasteiger partial charge in [0.05, 0.1) is 17.9 Å². The van der Waals surface area contributed by atoms with Crippen molar-refractivity contribution in [2.75, 3.05) is 19.6 Å². The molecular weight excluding hydrogens is 376 g/mol. The fraction of sp³-hybridized carbons (Fsp3) is 0.500. The van der Waals surface area contributed by atoms with E-state index in [-0.39, 0.29) is 17.3 Å². The zero-order valence-electron chi connectivity index (χ0n) is 16.3. The van der Waals surface area contributed by atoms with Crippen LogP contribution in [0.2, 0.25) is 0 Å². The molecule has 0 radical (unpaired) electrons. The van der Waals surface area contributed by atoms with E-state index in [0.29, 0.717) is 42.6 Å². The smallest absolute Gasteiger partial charge is 0.274 e. The average Bonchev–Trinajstić information content (AvgIpc) is 3.43. The molecule has 0 bridgehead atoms. The predicted molar refractivity (Wildman–Crippen MR) is 106 cm³/mol. The molecule has 2 heterocycles. The van der Waals surface area contributed by atoms with Crippen molar-refractivity contribution in [3.8, 4) is 5.69 Å². The van der Waals surface area contributed by atoms with Crippen LogP contribution in [0, 0.1) is 5.92 Å².